The second-order valence-corrected chi connectivity index (χ2v) is 7.13. The van der Waals surface area contributed by atoms with Crippen molar-refractivity contribution in [3.63, 3.8) is 0 Å². The maximum absolute atomic E-state index is 13.2. The summed E-state index contributed by atoms with van der Waals surface area (Å²) in [5, 5.41) is 17.7. The second kappa shape index (κ2) is 8.59. The first-order valence-corrected chi connectivity index (χ1v) is 10.0. The van der Waals surface area contributed by atoms with Gasteiger partial charge < -0.3 is 19.5 Å². The Morgan fingerprint density at radius 2 is 1.93 bits per heavy atom. The van der Waals surface area contributed by atoms with Crippen molar-refractivity contribution in [3.05, 3.63) is 65.4 Å². The number of rotatable bonds is 8. The topological polar surface area (TPSA) is 87.7 Å². The number of nitrogens with one attached hydrogen (secondary N) is 1. The van der Waals surface area contributed by atoms with Crippen LogP contribution in [0.3, 0.4) is 0 Å². The summed E-state index contributed by atoms with van der Waals surface area (Å²) < 4.78 is 10.7. The van der Waals surface area contributed by atoms with Crippen LogP contribution < -0.4 is 4.74 Å². The summed E-state index contributed by atoms with van der Waals surface area (Å²) in [6, 6.07) is 14.5. The SMILES string of the molecule is CCOc1ccc(C2c3c(-c4ccccc4O)n[nH]c3C(=O)N2CCCOC)cc1. The number of H-pyrrole nitrogens is 1. The molecule has 2 aromatic carbocycles. The van der Waals surface area contributed by atoms with Crippen LogP contribution in [0.5, 0.6) is 11.5 Å². The van der Waals surface area contributed by atoms with Gasteiger partial charge in [-0.05, 0) is 43.2 Å². The third-order valence-corrected chi connectivity index (χ3v) is 5.28. The van der Waals surface area contributed by atoms with Crippen molar-refractivity contribution >= 4 is 5.91 Å². The van der Waals surface area contributed by atoms with E-state index in [-0.39, 0.29) is 17.7 Å². The normalized spacial score (nSPS) is 15.5. The number of hydrogen-bond acceptors (Lipinski definition) is 5. The highest BCUT2D eigenvalue weighted by Crippen LogP contribution is 2.44. The van der Waals surface area contributed by atoms with Crippen molar-refractivity contribution in [1.29, 1.82) is 0 Å². The predicted octanol–water partition coefficient (Wildman–Crippen LogP) is 3.76. The van der Waals surface area contributed by atoms with E-state index in [4.69, 9.17) is 9.47 Å². The monoisotopic (exact) mass is 407 g/mol. The first kappa shape index (κ1) is 20.0. The van der Waals surface area contributed by atoms with Gasteiger partial charge in [0.25, 0.3) is 5.91 Å². The van der Waals surface area contributed by atoms with Crippen molar-refractivity contribution in [3.8, 4) is 22.8 Å². The number of aromatic hydroxyl groups is 1. The quantitative estimate of drug-likeness (QED) is 0.555. The third-order valence-electron chi connectivity index (χ3n) is 5.28. The number of carbonyl (C=O) groups excluding carboxylic acids is 1. The zero-order valence-electron chi connectivity index (χ0n) is 17.1. The van der Waals surface area contributed by atoms with Gasteiger partial charge in [-0.15, -0.1) is 0 Å². The molecule has 0 spiro atoms. The zero-order valence-corrected chi connectivity index (χ0v) is 17.1. The molecule has 30 heavy (non-hydrogen) atoms. The van der Waals surface area contributed by atoms with Gasteiger partial charge in [0, 0.05) is 31.4 Å². The summed E-state index contributed by atoms with van der Waals surface area (Å²) in [4.78, 5) is 15.0. The van der Waals surface area contributed by atoms with Crippen molar-refractivity contribution in [2.75, 3.05) is 26.9 Å². The second-order valence-electron chi connectivity index (χ2n) is 7.13. The Morgan fingerprint density at radius 1 is 1.17 bits per heavy atom. The molecule has 1 atom stereocenters. The number of hydrogen-bond donors (Lipinski definition) is 2. The minimum atomic E-state index is -0.312. The van der Waals surface area contributed by atoms with Crippen molar-refractivity contribution in [2.24, 2.45) is 0 Å². The fourth-order valence-electron chi connectivity index (χ4n) is 3.95. The van der Waals surface area contributed by atoms with Crippen LogP contribution in [0, 0.1) is 0 Å². The predicted molar refractivity (Wildman–Crippen MR) is 113 cm³/mol. The lowest BCUT2D eigenvalue weighted by atomic mass is 9.95. The van der Waals surface area contributed by atoms with E-state index >= 15 is 0 Å². The molecule has 0 fully saturated rings. The highest BCUT2D eigenvalue weighted by molar-refractivity contribution is 6.00. The number of ether oxygens (including phenoxy) is 2. The van der Waals surface area contributed by atoms with Gasteiger partial charge in [-0.1, -0.05) is 24.3 Å². The molecule has 7 heteroatoms. The third kappa shape index (κ3) is 3.52. The molecule has 1 aliphatic heterocycles. The number of phenols is 1. The van der Waals surface area contributed by atoms with Crippen LogP contribution in [-0.4, -0.2) is 53.0 Å². The number of benzene rings is 2. The Morgan fingerprint density at radius 3 is 2.63 bits per heavy atom. The van der Waals surface area contributed by atoms with E-state index in [0.717, 1.165) is 23.3 Å². The average molecular weight is 407 g/mol. The van der Waals surface area contributed by atoms with E-state index in [9.17, 15) is 9.90 Å². The van der Waals surface area contributed by atoms with Crippen LogP contribution in [0.2, 0.25) is 0 Å². The minimum Gasteiger partial charge on any atom is -0.507 e. The van der Waals surface area contributed by atoms with Crippen LogP contribution in [0.4, 0.5) is 0 Å². The molecule has 0 saturated carbocycles. The number of nitrogens with zero attached hydrogens (tertiary/aromatic N) is 2. The first-order valence-electron chi connectivity index (χ1n) is 10.0. The van der Waals surface area contributed by atoms with Gasteiger partial charge in [0.1, 0.15) is 22.9 Å². The number of aromatic nitrogens is 2. The molecule has 1 aliphatic rings. The molecule has 1 aromatic heterocycles. The van der Waals surface area contributed by atoms with Crippen LogP contribution in [0.1, 0.15) is 41.0 Å². The minimum absolute atomic E-state index is 0.103. The van der Waals surface area contributed by atoms with E-state index in [1.165, 1.54) is 0 Å². The molecule has 0 aliphatic carbocycles. The number of para-hydroxylation sites is 1. The summed E-state index contributed by atoms with van der Waals surface area (Å²) in [6.07, 6.45) is 0.722. The lowest BCUT2D eigenvalue weighted by molar-refractivity contribution is 0.0723. The molecular weight excluding hydrogens is 382 g/mol. The van der Waals surface area contributed by atoms with E-state index in [1.54, 1.807) is 25.3 Å². The molecule has 7 nitrogen and oxygen atoms in total. The first-order chi connectivity index (χ1) is 14.7. The maximum Gasteiger partial charge on any atom is 0.273 e. The Hall–Kier alpha value is -3.32. The molecule has 0 saturated heterocycles. The smallest absolute Gasteiger partial charge is 0.273 e. The number of amides is 1. The van der Waals surface area contributed by atoms with Gasteiger partial charge in [0.15, 0.2) is 0 Å². The average Bonchev–Trinajstić information content (AvgIpc) is 3.29. The Kier molecular flexibility index (Phi) is 5.72. The number of aromatic amines is 1. The fraction of sp³-hybridized carbons (Fsp3) is 0.304. The largest absolute Gasteiger partial charge is 0.507 e. The summed E-state index contributed by atoms with van der Waals surface area (Å²) in [5.74, 6) is 0.807. The highest BCUT2D eigenvalue weighted by atomic mass is 16.5. The molecule has 0 radical (unpaired) electrons. The van der Waals surface area contributed by atoms with E-state index in [0.29, 0.717) is 36.7 Å². The van der Waals surface area contributed by atoms with Crippen LogP contribution in [-0.2, 0) is 4.74 Å². The van der Waals surface area contributed by atoms with Gasteiger partial charge in [-0.3, -0.25) is 9.89 Å². The molecule has 1 unspecified atom stereocenters. The Balaban J connectivity index is 1.79. The summed E-state index contributed by atoms with van der Waals surface area (Å²) >= 11 is 0. The van der Waals surface area contributed by atoms with Gasteiger partial charge in [0.2, 0.25) is 0 Å². The number of phenolic OH excluding ortho intramolecular Hbond substituents is 1. The van der Waals surface area contributed by atoms with Crippen LogP contribution >= 0.6 is 0 Å². The summed E-state index contributed by atoms with van der Waals surface area (Å²) in [5.41, 5.74) is 3.38. The van der Waals surface area contributed by atoms with Crippen LogP contribution in [0.25, 0.3) is 11.3 Å². The van der Waals surface area contributed by atoms with Crippen molar-refractivity contribution < 1.29 is 19.4 Å². The van der Waals surface area contributed by atoms with Crippen molar-refractivity contribution in [1.82, 2.24) is 15.1 Å². The maximum atomic E-state index is 13.2. The molecule has 3 aromatic rings. The zero-order chi connectivity index (χ0) is 21.1. The lowest BCUT2D eigenvalue weighted by Crippen LogP contribution is -2.31. The lowest BCUT2D eigenvalue weighted by Gasteiger charge is -2.26. The number of carbonyl (C=O) groups is 1. The van der Waals surface area contributed by atoms with Gasteiger partial charge in [-0.25, -0.2) is 0 Å². The Labute approximate surface area is 175 Å². The number of methoxy groups -OCH3 is 1. The van der Waals surface area contributed by atoms with Gasteiger partial charge >= 0.3 is 0 Å². The Bertz CT molecular complexity index is 1030. The summed E-state index contributed by atoms with van der Waals surface area (Å²) in [6.45, 7) is 3.65. The van der Waals surface area contributed by atoms with Gasteiger partial charge in [0.05, 0.1) is 12.6 Å². The molecule has 0 bridgehead atoms. The molecule has 2 N–H and O–H groups in total. The molecule has 1 amide bonds. The van der Waals surface area contributed by atoms with Crippen molar-refractivity contribution in [2.45, 2.75) is 19.4 Å². The van der Waals surface area contributed by atoms with E-state index in [1.807, 2.05) is 42.2 Å². The standard InChI is InChI=1S/C23H25N3O4/c1-3-30-16-11-9-15(10-12-16)22-19-20(17-7-4-5-8-18(17)27)24-25-21(19)23(28)26(22)13-6-14-29-2/h4-5,7-12,22,27H,3,6,13-14H2,1-2H3,(H,24,25). The summed E-state index contributed by atoms with van der Waals surface area (Å²) in [7, 11) is 1.65. The molecule has 156 valence electrons. The molecule has 2 heterocycles. The van der Waals surface area contributed by atoms with E-state index in [2.05, 4.69) is 10.2 Å². The fourth-order valence-corrected chi connectivity index (χ4v) is 3.95. The van der Waals surface area contributed by atoms with E-state index < -0.39 is 0 Å². The highest BCUT2D eigenvalue weighted by Gasteiger charge is 2.42. The molecular formula is C23H25N3O4. The van der Waals surface area contributed by atoms with Gasteiger partial charge in [-0.2, -0.15) is 5.10 Å². The van der Waals surface area contributed by atoms with Crippen LogP contribution in [0.15, 0.2) is 48.5 Å². The molecule has 4 rings (SSSR count). The number of fused-ring (bicyclic) bond motifs is 1.